The Kier molecular flexibility index (Phi) is 5.23. The molecule has 0 saturated heterocycles. The predicted octanol–water partition coefficient (Wildman–Crippen LogP) is 4.73. The van der Waals surface area contributed by atoms with Gasteiger partial charge in [0.1, 0.15) is 0 Å². The van der Waals surface area contributed by atoms with Crippen LogP contribution in [0.15, 0.2) is 53.0 Å². The number of hydrogen-bond acceptors (Lipinski definition) is 4. The van der Waals surface area contributed by atoms with E-state index in [-0.39, 0.29) is 11.8 Å². The van der Waals surface area contributed by atoms with E-state index in [0.717, 1.165) is 28.6 Å². The quantitative estimate of drug-likeness (QED) is 0.561. The maximum absolute atomic E-state index is 13.1. The normalized spacial score (nSPS) is 18.7. The van der Waals surface area contributed by atoms with Gasteiger partial charge in [0.15, 0.2) is 0 Å². The number of hydrogen-bond donors (Lipinski definition) is 1. The van der Waals surface area contributed by atoms with Crippen LogP contribution < -0.4 is 5.32 Å². The van der Waals surface area contributed by atoms with Crippen LogP contribution in [0.4, 0.5) is 5.69 Å². The number of nitrogens with one attached hydrogen (secondary N) is 1. The van der Waals surface area contributed by atoms with Crippen LogP contribution in [0.1, 0.15) is 42.1 Å². The van der Waals surface area contributed by atoms with E-state index in [2.05, 4.69) is 21.2 Å². The summed E-state index contributed by atoms with van der Waals surface area (Å²) >= 11 is 3.40. The first kappa shape index (κ1) is 17.7. The largest absolute Gasteiger partial charge is 0.431 e. The van der Waals surface area contributed by atoms with Crippen LogP contribution in [-0.4, -0.2) is 17.5 Å². The van der Waals surface area contributed by atoms with Crippen LogP contribution in [0, 0.1) is 0 Å². The number of esters is 1. The van der Waals surface area contributed by atoms with E-state index in [1.165, 1.54) is 0 Å². The fourth-order valence-electron chi connectivity index (χ4n) is 3.00. The van der Waals surface area contributed by atoms with E-state index in [9.17, 15) is 9.59 Å². The molecule has 0 amide bonds. The van der Waals surface area contributed by atoms with Gasteiger partial charge in [-0.25, -0.2) is 0 Å². The molecule has 0 bridgehead atoms. The molecule has 3 rings (SSSR count). The molecule has 0 aromatic heterocycles. The Hall–Kier alpha value is -2.14. The van der Waals surface area contributed by atoms with Crippen molar-refractivity contribution >= 4 is 33.4 Å². The van der Waals surface area contributed by atoms with Crippen molar-refractivity contribution in [2.24, 2.45) is 0 Å². The highest BCUT2D eigenvalue weighted by atomic mass is 79.9. The van der Waals surface area contributed by atoms with E-state index in [1.807, 2.05) is 49.4 Å². The molecule has 0 unspecified atom stereocenters. The van der Waals surface area contributed by atoms with Crippen molar-refractivity contribution in [1.82, 2.24) is 0 Å². The minimum Gasteiger partial charge on any atom is -0.431 e. The summed E-state index contributed by atoms with van der Waals surface area (Å²) in [7, 11) is 0. The number of carbonyl (C=O) groups excluding carboxylic acids is 2. The molecule has 0 fully saturated rings. The number of fused-ring (bicyclic) bond motifs is 1. The van der Waals surface area contributed by atoms with Crippen LogP contribution in [0.5, 0.6) is 0 Å². The first-order valence-electron chi connectivity index (χ1n) is 8.42. The average Bonchev–Trinajstić information content (AvgIpc) is 2.87. The Labute approximate surface area is 155 Å². The Balaban J connectivity index is 1.91. The molecule has 0 spiro atoms. The molecule has 2 aromatic carbocycles. The first-order valence-corrected chi connectivity index (χ1v) is 9.21. The predicted molar refractivity (Wildman–Crippen MR) is 101 cm³/mol. The molecular formula is C20H20BrNO3. The van der Waals surface area contributed by atoms with Crippen LogP contribution in [0.25, 0.3) is 0 Å². The Bertz CT molecular complexity index is 788. The van der Waals surface area contributed by atoms with Gasteiger partial charge in [-0.1, -0.05) is 53.5 Å². The summed E-state index contributed by atoms with van der Waals surface area (Å²) in [4.78, 5) is 25.3. The van der Waals surface area contributed by atoms with Gasteiger partial charge < -0.3 is 10.1 Å². The first-order chi connectivity index (χ1) is 12.0. The number of halogens is 1. The number of ether oxygens (including phenoxy) is 1. The molecule has 0 aliphatic heterocycles. The lowest BCUT2D eigenvalue weighted by Gasteiger charge is -2.29. The lowest BCUT2D eigenvalue weighted by molar-refractivity contribution is -0.152. The number of unbranched alkanes of at least 4 members (excludes halogenated alkanes) is 1. The number of carbonyl (C=O) groups is 2. The minimum atomic E-state index is -1.37. The van der Waals surface area contributed by atoms with Gasteiger partial charge in [0.05, 0.1) is 0 Å². The maximum atomic E-state index is 13.1. The van der Waals surface area contributed by atoms with E-state index in [4.69, 9.17) is 4.74 Å². The van der Waals surface area contributed by atoms with E-state index >= 15 is 0 Å². The smallest absolute Gasteiger partial charge is 0.308 e. The van der Waals surface area contributed by atoms with Crippen molar-refractivity contribution < 1.29 is 14.3 Å². The van der Waals surface area contributed by atoms with Crippen molar-refractivity contribution in [3.63, 3.8) is 0 Å². The molecular weight excluding hydrogens is 382 g/mol. The molecule has 1 atom stereocenters. The van der Waals surface area contributed by atoms with Crippen LogP contribution >= 0.6 is 15.9 Å². The number of Topliss-reactive ketones (excluding diaryl/α,β-unsaturated/α-hetero) is 1. The van der Waals surface area contributed by atoms with Gasteiger partial charge in [-0.05, 0) is 36.2 Å². The molecule has 0 saturated carbocycles. The summed E-state index contributed by atoms with van der Waals surface area (Å²) in [5, 5.41) is 3.17. The second kappa shape index (κ2) is 7.40. The molecule has 2 aromatic rings. The number of rotatable bonds is 6. The highest BCUT2D eigenvalue weighted by molar-refractivity contribution is 9.10. The fraction of sp³-hybridized carbons (Fsp3) is 0.300. The Morgan fingerprint density at radius 1 is 1.20 bits per heavy atom. The summed E-state index contributed by atoms with van der Waals surface area (Å²) in [5.41, 5.74) is 0.853. The third-order valence-electron chi connectivity index (χ3n) is 4.28. The zero-order chi connectivity index (χ0) is 17.9. The van der Waals surface area contributed by atoms with Crippen molar-refractivity contribution in [2.45, 2.75) is 38.3 Å². The molecule has 1 aliphatic carbocycles. The Morgan fingerprint density at radius 3 is 2.60 bits per heavy atom. The molecule has 1 aliphatic rings. The van der Waals surface area contributed by atoms with Crippen molar-refractivity contribution in [2.75, 3.05) is 5.32 Å². The van der Waals surface area contributed by atoms with Crippen LogP contribution in [-0.2, 0) is 16.0 Å². The Morgan fingerprint density at radius 2 is 1.92 bits per heavy atom. The highest BCUT2D eigenvalue weighted by Crippen LogP contribution is 2.34. The van der Waals surface area contributed by atoms with Crippen molar-refractivity contribution in [3.8, 4) is 0 Å². The van der Waals surface area contributed by atoms with Crippen molar-refractivity contribution in [1.29, 1.82) is 0 Å². The molecule has 1 N–H and O–H groups in total. The van der Waals surface area contributed by atoms with Gasteiger partial charge in [-0.15, -0.1) is 0 Å². The zero-order valence-electron chi connectivity index (χ0n) is 14.0. The second-order valence-electron chi connectivity index (χ2n) is 6.20. The van der Waals surface area contributed by atoms with E-state index < -0.39 is 5.72 Å². The maximum Gasteiger partial charge on any atom is 0.308 e. The summed E-state index contributed by atoms with van der Waals surface area (Å²) in [5.74, 6) is -0.552. The van der Waals surface area contributed by atoms with E-state index in [0.29, 0.717) is 18.4 Å². The van der Waals surface area contributed by atoms with Crippen LogP contribution in [0.3, 0.4) is 0 Å². The SMILES string of the molecule is CCCCC(=O)O[C@]1(Nc2ccc(Br)cc2)Cc2ccccc2C1=O. The average molecular weight is 402 g/mol. The van der Waals surface area contributed by atoms with Gasteiger partial charge in [0.2, 0.25) is 5.78 Å². The number of ketones is 1. The lowest BCUT2D eigenvalue weighted by atomic mass is 10.1. The minimum absolute atomic E-state index is 0.198. The lowest BCUT2D eigenvalue weighted by Crippen LogP contribution is -2.48. The molecule has 0 heterocycles. The fourth-order valence-corrected chi connectivity index (χ4v) is 3.27. The third-order valence-corrected chi connectivity index (χ3v) is 4.81. The molecule has 5 heteroatoms. The number of benzene rings is 2. The highest BCUT2D eigenvalue weighted by Gasteiger charge is 2.49. The summed E-state index contributed by atoms with van der Waals surface area (Å²) < 4.78 is 6.66. The second-order valence-corrected chi connectivity index (χ2v) is 7.12. The summed E-state index contributed by atoms with van der Waals surface area (Å²) in [6.07, 6.45) is 2.28. The molecule has 4 nitrogen and oxygen atoms in total. The third kappa shape index (κ3) is 3.76. The number of anilines is 1. The zero-order valence-corrected chi connectivity index (χ0v) is 15.6. The van der Waals surface area contributed by atoms with Gasteiger partial charge >= 0.3 is 5.97 Å². The van der Waals surface area contributed by atoms with Gasteiger partial charge in [-0.2, -0.15) is 0 Å². The van der Waals surface area contributed by atoms with Crippen molar-refractivity contribution in [3.05, 3.63) is 64.1 Å². The summed E-state index contributed by atoms with van der Waals surface area (Å²) in [6, 6.07) is 14.8. The topological polar surface area (TPSA) is 55.4 Å². The molecule has 25 heavy (non-hydrogen) atoms. The van der Waals surface area contributed by atoms with E-state index in [1.54, 1.807) is 6.07 Å². The standard InChI is InChI=1S/C20H20BrNO3/c1-2-3-8-18(23)25-20(22-16-11-9-15(21)10-12-16)13-14-6-4-5-7-17(14)19(20)24/h4-7,9-12,22H,2-3,8,13H2,1H3/t20-/m1/s1. The molecule has 0 radical (unpaired) electrons. The molecule has 130 valence electrons. The van der Waals surface area contributed by atoms with Gasteiger partial charge in [-0.3, -0.25) is 9.59 Å². The summed E-state index contributed by atoms with van der Waals surface area (Å²) in [6.45, 7) is 2.01. The van der Waals surface area contributed by atoms with Gasteiger partial charge in [0, 0.05) is 28.6 Å². The van der Waals surface area contributed by atoms with Crippen LogP contribution in [0.2, 0.25) is 0 Å². The van der Waals surface area contributed by atoms with Gasteiger partial charge in [0.25, 0.3) is 5.72 Å². The monoisotopic (exact) mass is 401 g/mol.